The summed E-state index contributed by atoms with van der Waals surface area (Å²) in [5, 5.41) is 20.5. The molecule has 0 heterocycles. The number of nitro groups is 1. The van der Waals surface area contributed by atoms with Crippen molar-refractivity contribution in [3.63, 3.8) is 0 Å². The van der Waals surface area contributed by atoms with Gasteiger partial charge in [-0.3, -0.25) is 10.1 Å². The molecule has 21 heavy (non-hydrogen) atoms. The van der Waals surface area contributed by atoms with Gasteiger partial charge in [-0.25, -0.2) is 13.1 Å². The molecule has 1 unspecified atom stereocenters. The summed E-state index contributed by atoms with van der Waals surface area (Å²) in [6.45, 7) is 6.60. The maximum absolute atomic E-state index is 12.3. The number of aliphatic hydroxyl groups is 1. The van der Waals surface area contributed by atoms with Crippen molar-refractivity contribution in [2.45, 2.75) is 38.7 Å². The highest BCUT2D eigenvalue weighted by Crippen LogP contribution is 2.25. The van der Waals surface area contributed by atoms with Crippen molar-refractivity contribution >= 4 is 15.7 Å². The van der Waals surface area contributed by atoms with Crippen LogP contribution < -0.4 is 4.72 Å². The average molecular weight is 316 g/mol. The SMILES string of the molecule is Cc1cc([N+](=O)[O-])cc(S(=O)(=O)NCC(O)C(C)C)c1C. The van der Waals surface area contributed by atoms with E-state index in [1.54, 1.807) is 27.7 Å². The Morgan fingerprint density at radius 3 is 2.38 bits per heavy atom. The van der Waals surface area contributed by atoms with Gasteiger partial charge < -0.3 is 5.11 Å². The molecule has 1 aromatic rings. The third kappa shape index (κ3) is 4.23. The van der Waals surface area contributed by atoms with Gasteiger partial charge in [0.1, 0.15) is 0 Å². The highest BCUT2D eigenvalue weighted by molar-refractivity contribution is 7.89. The van der Waals surface area contributed by atoms with Crippen molar-refractivity contribution in [3.05, 3.63) is 33.4 Å². The Morgan fingerprint density at radius 1 is 1.33 bits per heavy atom. The van der Waals surface area contributed by atoms with E-state index >= 15 is 0 Å². The van der Waals surface area contributed by atoms with E-state index in [0.717, 1.165) is 6.07 Å². The maximum atomic E-state index is 12.3. The summed E-state index contributed by atoms with van der Waals surface area (Å²) in [6.07, 6.45) is -0.820. The molecule has 2 N–H and O–H groups in total. The molecule has 0 radical (unpaired) electrons. The van der Waals surface area contributed by atoms with Gasteiger partial charge in [-0.1, -0.05) is 13.8 Å². The standard InChI is InChI=1S/C13H20N2O5S/c1-8(2)12(16)7-14-21(19,20)13-6-11(15(17)18)5-9(3)10(13)4/h5-6,8,12,14,16H,7H2,1-4H3. The zero-order valence-electron chi connectivity index (χ0n) is 12.5. The van der Waals surface area contributed by atoms with Crippen LogP contribution in [0.25, 0.3) is 0 Å². The van der Waals surface area contributed by atoms with Crippen LogP contribution in [0.4, 0.5) is 5.69 Å². The van der Waals surface area contributed by atoms with Crippen molar-refractivity contribution in [1.82, 2.24) is 4.72 Å². The predicted octanol–water partition coefficient (Wildman–Crippen LogP) is 1.51. The fourth-order valence-electron chi connectivity index (χ4n) is 1.70. The fraction of sp³-hybridized carbons (Fsp3) is 0.538. The number of hydrogen-bond acceptors (Lipinski definition) is 5. The second-order valence-corrected chi connectivity index (χ2v) is 7.04. The van der Waals surface area contributed by atoms with Crippen molar-refractivity contribution in [2.24, 2.45) is 5.92 Å². The molecule has 0 saturated heterocycles. The zero-order valence-corrected chi connectivity index (χ0v) is 13.3. The van der Waals surface area contributed by atoms with Crippen LogP contribution in [-0.2, 0) is 10.0 Å². The summed E-state index contributed by atoms with van der Waals surface area (Å²) in [5.74, 6) is -0.0966. The number of benzene rings is 1. The second kappa shape index (κ2) is 6.50. The largest absolute Gasteiger partial charge is 0.391 e. The molecule has 0 amide bonds. The third-order valence-electron chi connectivity index (χ3n) is 3.36. The summed E-state index contributed by atoms with van der Waals surface area (Å²) in [4.78, 5) is 10.1. The van der Waals surface area contributed by atoms with Gasteiger partial charge in [-0.15, -0.1) is 0 Å². The maximum Gasteiger partial charge on any atom is 0.271 e. The van der Waals surface area contributed by atoms with E-state index in [0.29, 0.717) is 11.1 Å². The first kappa shape index (κ1) is 17.5. The van der Waals surface area contributed by atoms with Crippen molar-refractivity contribution in [2.75, 3.05) is 6.54 Å². The van der Waals surface area contributed by atoms with Crippen LogP contribution in [-0.4, -0.2) is 31.1 Å². The first-order valence-corrected chi connectivity index (χ1v) is 7.98. The number of nitro benzene ring substituents is 1. The van der Waals surface area contributed by atoms with Gasteiger partial charge in [0.25, 0.3) is 5.69 Å². The van der Waals surface area contributed by atoms with Gasteiger partial charge in [-0.05, 0) is 30.9 Å². The Bertz CT molecular complexity index is 640. The van der Waals surface area contributed by atoms with E-state index in [1.165, 1.54) is 6.07 Å². The Balaban J connectivity index is 3.16. The normalized spacial score (nSPS) is 13.4. The summed E-state index contributed by atoms with van der Waals surface area (Å²) >= 11 is 0. The van der Waals surface area contributed by atoms with Gasteiger partial charge >= 0.3 is 0 Å². The van der Waals surface area contributed by atoms with Gasteiger partial charge in [0.15, 0.2) is 0 Å². The van der Waals surface area contributed by atoms with E-state index in [9.17, 15) is 23.6 Å². The number of non-ortho nitro benzene ring substituents is 1. The van der Waals surface area contributed by atoms with Crippen LogP contribution >= 0.6 is 0 Å². The monoisotopic (exact) mass is 316 g/mol. The molecular weight excluding hydrogens is 296 g/mol. The Hall–Kier alpha value is -1.51. The van der Waals surface area contributed by atoms with Crippen molar-refractivity contribution in [1.29, 1.82) is 0 Å². The van der Waals surface area contributed by atoms with Gasteiger partial charge in [0, 0.05) is 18.7 Å². The number of aryl methyl sites for hydroxylation is 1. The molecule has 0 fully saturated rings. The van der Waals surface area contributed by atoms with Crippen LogP contribution in [0.5, 0.6) is 0 Å². The molecular formula is C13H20N2O5S. The Morgan fingerprint density at radius 2 is 1.90 bits per heavy atom. The number of nitrogens with one attached hydrogen (secondary N) is 1. The number of sulfonamides is 1. The summed E-state index contributed by atoms with van der Waals surface area (Å²) < 4.78 is 26.8. The van der Waals surface area contributed by atoms with Crippen LogP contribution in [0.1, 0.15) is 25.0 Å². The molecule has 1 rings (SSSR count). The van der Waals surface area contributed by atoms with Gasteiger partial charge in [-0.2, -0.15) is 0 Å². The molecule has 7 nitrogen and oxygen atoms in total. The Labute approximate surface area is 124 Å². The summed E-state index contributed by atoms with van der Waals surface area (Å²) in [5.41, 5.74) is 0.698. The minimum absolute atomic E-state index is 0.0966. The minimum atomic E-state index is -3.91. The average Bonchev–Trinajstić information content (AvgIpc) is 2.38. The zero-order chi connectivity index (χ0) is 16.4. The van der Waals surface area contributed by atoms with Crippen molar-refractivity contribution < 1.29 is 18.4 Å². The molecule has 0 aliphatic carbocycles. The van der Waals surface area contributed by atoms with E-state index in [1.807, 2.05) is 0 Å². The first-order valence-electron chi connectivity index (χ1n) is 6.49. The molecule has 0 aromatic heterocycles. The molecule has 118 valence electrons. The first-order chi connectivity index (χ1) is 9.56. The minimum Gasteiger partial charge on any atom is -0.391 e. The molecule has 0 aliphatic heterocycles. The lowest BCUT2D eigenvalue weighted by atomic mass is 10.1. The molecule has 0 bridgehead atoms. The third-order valence-corrected chi connectivity index (χ3v) is 4.91. The summed E-state index contributed by atoms with van der Waals surface area (Å²) in [6, 6.07) is 2.36. The van der Waals surface area contributed by atoms with E-state index in [2.05, 4.69) is 4.72 Å². The lowest BCUT2D eigenvalue weighted by Gasteiger charge is -2.16. The topological polar surface area (TPSA) is 110 Å². The van der Waals surface area contributed by atoms with E-state index in [-0.39, 0.29) is 23.0 Å². The number of nitrogens with zero attached hydrogens (tertiary/aromatic N) is 1. The Kier molecular flexibility index (Phi) is 5.43. The molecule has 1 atom stereocenters. The smallest absolute Gasteiger partial charge is 0.271 e. The van der Waals surface area contributed by atoms with Gasteiger partial charge in [0.2, 0.25) is 10.0 Å². The highest BCUT2D eigenvalue weighted by atomic mass is 32.2. The van der Waals surface area contributed by atoms with Crippen LogP contribution in [0.15, 0.2) is 17.0 Å². The van der Waals surface area contributed by atoms with Gasteiger partial charge in [0.05, 0.1) is 15.9 Å². The molecule has 0 aliphatic rings. The fourth-order valence-corrected chi connectivity index (χ4v) is 3.09. The number of hydrogen-bond donors (Lipinski definition) is 2. The van der Waals surface area contributed by atoms with Crippen LogP contribution in [0, 0.1) is 29.9 Å². The van der Waals surface area contributed by atoms with Crippen molar-refractivity contribution in [3.8, 4) is 0 Å². The van der Waals surface area contributed by atoms with Crippen LogP contribution in [0.3, 0.4) is 0 Å². The molecule has 8 heteroatoms. The second-order valence-electron chi connectivity index (χ2n) is 5.31. The summed E-state index contributed by atoms with van der Waals surface area (Å²) in [7, 11) is -3.91. The predicted molar refractivity (Wildman–Crippen MR) is 78.6 cm³/mol. The quantitative estimate of drug-likeness (QED) is 0.610. The lowest BCUT2D eigenvalue weighted by Crippen LogP contribution is -2.35. The highest BCUT2D eigenvalue weighted by Gasteiger charge is 2.23. The molecule has 1 aromatic carbocycles. The molecule has 0 saturated carbocycles. The van der Waals surface area contributed by atoms with Crippen LogP contribution in [0.2, 0.25) is 0 Å². The number of rotatable bonds is 6. The van der Waals surface area contributed by atoms with E-state index < -0.39 is 21.1 Å². The molecule has 0 spiro atoms. The number of aliphatic hydroxyl groups excluding tert-OH is 1. The van der Waals surface area contributed by atoms with E-state index in [4.69, 9.17) is 0 Å². The lowest BCUT2D eigenvalue weighted by molar-refractivity contribution is -0.385.